The van der Waals surface area contributed by atoms with Gasteiger partial charge in [0.2, 0.25) is 0 Å². The molecule has 0 radical (unpaired) electrons. The molecule has 1 aliphatic heterocycles. The van der Waals surface area contributed by atoms with Crippen LogP contribution in [0.2, 0.25) is 0 Å². The van der Waals surface area contributed by atoms with Crippen molar-refractivity contribution in [1.29, 1.82) is 0 Å². The van der Waals surface area contributed by atoms with E-state index in [1.807, 2.05) is 0 Å². The van der Waals surface area contributed by atoms with Gasteiger partial charge in [-0.2, -0.15) is 0 Å². The number of alkyl halides is 1. The van der Waals surface area contributed by atoms with E-state index < -0.39 is 0 Å². The predicted molar refractivity (Wildman–Crippen MR) is 85.3 cm³/mol. The van der Waals surface area contributed by atoms with Crippen LogP contribution in [0.15, 0.2) is 40.9 Å². The van der Waals surface area contributed by atoms with E-state index in [2.05, 4.69) is 75.2 Å². The molecular weight excluding hydrogens is 368 g/mol. The molecule has 2 aromatic rings. The summed E-state index contributed by atoms with van der Waals surface area (Å²) in [6, 6.07) is 13.0. The standard InChI is InChI=1S/C16H14Br2O/c1-10-2-3-13(9-14(10)17)16(18)12-4-5-15-11(8-12)6-7-19-15/h2-5,8-9,16H,6-7H2,1H3. The monoisotopic (exact) mass is 380 g/mol. The Kier molecular flexibility index (Phi) is 3.68. The number of rotatable bonds is 2. The molecule has 0 aromatic heterocycles. The zero-order chi connectivity index (χ0) is 13.4. The molecule has 3 rings (SSSR count). The van der Waals surface area contributed by atoms with Crippen LogP contribution >= 0.6 is 31.9 Å². The van der Waals surface area contributed by atoms with Crippen molar-refractivity contribution in [2.24, 2.45) is 0 Å². The number of hydrogen-bond donors (Lipinski definition) is 0. The summed E-state index contributed by atoms with van der Waals surface area (Å²) in [6.07, 6.45) is 1.01. The molecule has 19 heavy (non-hydrogen) atoms. The van der Waals surface area contributed by atoms with Gasteiger partial charge in [0.1, 0.15) is 5.75 Å². The van der Waals surface area contributed by atoms with E-state index in [1.54, 1.807) is 0 Å². The fourth-order valence-corrected chi connectivity index (χ4v) is 3.29. The fourth-order valence-electron chi connectivity index (χ4n) is 2.32. The Morgan fingerprint density at radius 3 is 2.63 bits per heavy atom. The van der Waals surface area contributed by atoms with E-state index in [0.717, 1.165) is 23.2 Å². The summed E-state index contributed by atoms with van der Waals surface area (Å²) in [5.74, 6) is 1.04. The molecule has 1 nitrogen and oxygen atoms in total. The molecule has 1 aliphatic rings. The minimum atomic E-state index is 0.218. The second kappa shape index (κ2) is 5.29. The maximum atomic E-state index is 5.55. The number of fused-ring (bicyclic) bond motifs is 1. The molecule has 0 N–H and O–H groups in total. The third kappa shape index (κ3) is 2.59. The Balaban J connectivity index is 1.94. The van der Waals surface area contributed by atoms with Crippen molar-refractivity contribution >= 4 is 31.9 Å². The highest BCUT2D eigenvalue weighted by atomic mass is 79.9. The first-order chi connectivity index (χ1) is 9.15. The maximum absolute atomic E-state index is 5.55. The van der Waals surface area contributed by atoms with Crippen LogP contribution in [-0.4, -0.2) is 6.61 Å². The van der Waals surface area contributed by atoms with Crippen molar-refractivity contribution in [2.75, 3.05) is 6.61 Å². The number of halogens is 2. The molecule has 98 valence electrons. The van der Waals surface area contributed by atoms with Crippen LogP contribution in [0.5, 0.6) is 5.75 Å². The molecule has 2 aromatic carbocycles. The second-order valence-electron chi connectivity index (χ2n) is 4.84. The molecule has 0 bridgehead atoms. The summed E-state index contributed by atoms with van der Waals surface area (Å²) < 4.78 is 6.70. The van der Waals surface area contributed by atoms with Gasteiger partial charge < -0.3 is 4.74 Å². The van der Waals surface area contributed by atoms with Crippen LogP contribution in [0.4, 0.5) is 0 Å². The number of aryl methyl sites for hydroxylation is 1. The van der Waals surface area contributed by atoms with Crippen LogP contribution in [0, 0.1) is 6.92 Å². The van der Waals surface area contributed by atoms with Crippen molar-refractivity contribution in [3.05, 3.63) is 63.1 Å². The summed E-state index contributed by atoms with van der Waals surface area (Å²) in [6.45, 7) is 2.91. The Bertz CT molecular complexity index is 622. The van der Waals surface area contributed by atoms with E-state index in [-0.39, 0.29) is 4.83 Å². The first kappa shape index (κ1) is 13.2. The van der Waals surface area contributed by atoms with E-state index in [9.17, 15) is 0 Å². The average molecular weight is 382 g/mol. The van der Waals surface area contributed by atoms with E-state index in [1.165, 1.54) is 22.3 Å². The van der Waals surface area contributed by atoms with Gasteiger partial charge in [0.05, 0.1) is 11.4 Å². The Morgan fingerprint density at radius 1 is 1.11 bits per heavy atom. The van der Waals surface area contributed by atoms with Gasteiger partial charge in [-0.25, -0.2) is 0 Å². The van der Waals surface area contributed by atoms with Gasteiger partial charge in [0.15, 0.2) is 0 Å². The topological polar surface area (TPSA) is 9.23 Å². The van der Waals surface area contributed by atoms with Gasteiger partial charge in [0, 0.05) is 10.9 Å². The number of ether oxygens (including phenoxy) is 1. The third-order valence-electron chi connectivity index (χ3n) is 3.49. The first-order valence-corrected chi connectivity index (χ1v) is 8.02. The van der Waals surface area contributed by atoms with Crippen LogP contribution in [0.25, 0.3) is 0 Å². The molecule has 0 aliphatic carbocycles. The third-order valence-corrected chi connectivity index (χ3v) is 5.41. The van der Waals surface area contributed by atoms with Crippen LogP contribution in [-0.2, 0) is 6.42 Å². The normalized spacial score (nSPS) is 14.9. The number of hydrogen-bond acceptors (Lipinski definition) is 1. The lowest BCUT2D eigenvalue weighted by molar-refractivity contribution is 0.357. The zero-order valence-electron chi connectivity index (χ0n) is 10.6. The SMILES string of the molecule is Cc1ccc(C(Br)c2ccc3c(c2)CCO3)cc1Br. The van der Waals surface area contributed by atoms with Gasteiger partial charge in [-0.3, -0.25) is 0 Å². The lowest BCUT2D eigenvalue weighted by Crippen LogP contribution is -1.94. The molecule has 0 saturated carbocycles. The lowest BCUT2D eigenvalue weighted by Gasteiger charge is -2.13. The Labute approximate surface area is 130 Å². The van der Waals surface area contributed by atoms with Gasteiger partial charge in [-0.1, -0.05) is 56.1 Å². The zero-order valence-corrected chi connectivity index (χ0v) is 13.8. The van der Waals surface area contributed by atoms with Crippen LogP contribution < -0.4 is 4.74 Å². The predicted octanol–water partition coefficient (Wildman–Crippen LogP) is 5.18. The summed E-state index contributed by atoms with van der Waals surface area (Å²) in [7, 11) is 0. The summed E-state index contributed by atoms with van der Waals surface area (Å²) in [5.41, 5.74) is 5.11. The first-order valence-electron chi connectivity index (χ1n) is 6.31. The van der Waals surface area contributed by atoms with Crippen LogP contribution in [0.1, 0.15) is 27.1 Å². The molecule has 1 heterocycles. The van der Waals surface area contributed by atoms with Crippen molar-refractivity contribution < 1.29 is 4.74 Å². The average Bonchev–Trinajstić information content (AvgIpc) is 2.88. The second-order valence-corrected chi connectivity index (χ2v) is 6.61. The van der Waals surface area contributed by atoms with Gasteiger partial charge in [-0.05, 0) is 41.3 Å². The van der Waals surface area contributed by atoms with E-state index in [0.29, 0.717) is 0 Å². The van der Waals surface area contributed by atoms with E-state index in [4.69, 9.17) is 4.74 Å². The van der Waals surface area contributed by atoms with Crippen molar-refractivity contribution in [2.45, 2.75) is 18.2 Å². The highest BCUT2D eigenvalue weighted by molar-refractivity contribution is 9.10. The molecule has 0 spiro atoms. The maximum Gasteiger partial charge on any atom is 0.122 e. The number of benzene rings is 2. The molecule has 0 amide bonds. The largest absolute Gasteiger partial charge is 0.493 e. The van der Waals surface area contributed by atoms with E-state index >= 15 is 0 Å². The Hall–Kier alpha value is -0.800. The highest BCUT2D eigenvalue weighted by Gasteiger charge is 2.16. The molecule has 1 unspecified atom stereocenters. The van der Waals surface area contributed by atoms with Gasteiger partial charge in [0.25, 0.3) is 0 Å². The van der Waals surface area contributed by atoms with Crippen molar-refractivity contribution in [3.63, 3.8) is 0 Å². The summed E-state index contributed by atoms with van der Waals surface area (Å²) in [4.78, 5) is 0.218. The van der Waals surface area contributed by atoms with Crippen molar-refractivity contribution in [1.82, 2.24) is 0 Å². The summed E-state index contributed by atoms with van der Waals surface area (Å²) in [5, 5.41) is 0. The molecule has 3 heteroatoms. The minimum Gasteiger partial charge on any atom is -0.493 e. The molecular formula is C16H14Br2O. The van der Waals surface area contributed by atoms with Crippen molar-refractivity contribution in [3.8, 4) is 5.75 Å². The highest BCUT2D eigenvalue weighted by Crippen LogP contribution is 2.36. The van der Waals surface area contributed by atoms with Gasteiger partial charge in [-0.15, -0.1) is 0 Å². The van der Waals surface area contributed by atoms with Gasteiger partial charge >= 0.3 is 0 Å². The summed E-state index contributed by atoms with van der Waals surface area (Å²) >= 11 is 7.40. The fraction of sp³-hybridized carbons (Fsp3) is 0.250. The molecule has 0 saturated heterocycles. The lowest BCUT2D eigenvalue weighted by atomic mass is 10.0. The smallest absolute Gasteiger partial charge is 0.122 e. The minimum absolute atomic E-state index is 0.218. The Morgan fingerprint density at radius 2 is 1.84 bits per heavy atom. The van der Waals surface area contributed by atoms with Crippen LogP contribution in [0.3, 0.4) is 0 Å². The quantitative estimate of drug-likeness (QED) is 0.651. The molecule has 0 fully saturated rings. The molecule has 1 atom stereocenters.